The quantitative estimate of drug-likeness (QED) is 0.576. The molecule has 118 valence electrons. The van der Waals surface area contributed by atoms with Crippen LogP contribution in [0.2, 0.25) is 0 Å². The molecular formula is C16H25NO4. The first kappa shape index (κ1) is 17.5. The SMILES string of the molecule is CCC(CC)(CO)CNCCOc1ccccc1C(=O)O. The first-order valence-electron chi connectivity index (χ1n) is 7.35. The lowest BCUT2D eigenvalue weighted by atomic mass is 9.83. The van der Waals surface area contributed by atoms with Crippen LogP contribution in [0.3, 0.4) is 0 Å². The van der Waals surface area contributed by atoms with Gasteiger partial charge in [0.05, 0.1) is 0 Å². The van der Waals surface area contributed by atoms with Crippen molar-refractivity contribution in [2.45, 2.75) is 26.7 Å². The Labute approximate surface area is 125 Å². The van der Waals surface area contributed by atoms with Gasteiger partial charge in [0.25, 0.3) is 0 Å². The van der Waals surface area contributed by atoms with Crippen molar-refractivity contribution < 1.29 is 19.7 Å². The Kier molecular flexibility index (Phi) is 7.19. The fourth-order valence-corrected chi connectivity index (χ4v) is 2.14. The van der Waals surface area contributed by atoms with E-state index in [-0.39, 0.29) is 17.6 Å². The summed E-state index contributed by atoms with van der Waals surface area (Å²) in [7, 11) is 0. The average Bonchev–Trinajstić information content (AvgIpc) is 2.52. The molecule has 0 aromatic heterocycles. The minimum Gasteiger partial charge on any atom is -0.491 e. The lowest BCUT2D eigenvalue weighted by molar-refractivity contribution is 0.0692. The number of carboxylic acid groups (broad SMARTS) is 1. The Hall–Kier alpha value is -1.59. The zero-order valence-corrected chi connectivity index (χ0v) is 12.8. The number of para-hydroxylation sites is 1. The van der Waals surface area contributed by atoms with Crippen LogP contribution in [-0.2, 0) is 0 Å². The van der Waals surface area contributed by atoms with Gasteiger partial charge >= 0.3 is 5.97 Å². The van der Waals surface area contributed by atoms with E-state index in [0.717, 1.165) is 19.4 Å². The molecule has 0 atom stereocenters. The van der Waals surface area contributed by atoms with Gasteiger partial charge in [0, 0.05) is 25.1 Å². The van der Waals surface area contributed by atoms with Crippen LogP contribution in [0, 0.1) is 5.41 Å². The van der Waals surface area contributed by atoms with Gasteiger partial charge in [-0.15, -0.1) is 0 Å². The molecule has 0 saturated heterocycles. The van der Waals surface area contributed by atoms with Crippen molar-refractivity contribution in [2.24, 2.45) is 5.41 Å². The van der Waals surface area contributed by atoms with Crippen LogP contribution in [0.4, 0.5) is 0 Å². The topological polar surface area (TPSA) is 78.8 Å². The average molecular weight is 295 g/mol. The fraction of sp³-hybridized carbons (Fsp3) is 0.562. The van der Waals surface area contributed by atoms with Crippen LogP contribution in [0.1, 0.15) is 37.0 Å². The Morgan fingerprint density at radius 2 is 1.95 bits per heavy atom. The van der Waals surface area contributed by atoms with Crippen LogP contribution in [-0.4, -0.2) is 42.5 Å². The molecule has 0 heterocycles. The van der Waals surface area contributed by atoms with Crippen LogP contribution in [0.15, 0.2) is 24.3 Å². The van der Waals surface area contributed by atoms with Crippen LogP contribution < -0.4 is 10.1 Å². The van der Waals surface area contributed by atoms with Crippen LogP contribution in [0.5, 0.6) is 5.75 Å². The van der Waals surface area contributed by atoms with E-state index >= 15 is 0 Å². The van der Waals surface area contributed by atoms with Gasteiger partial charge in [-0.25, -0.2) is 4.79 Å². The summed E-state index contributed by atoms with van der Waals surface area (Å²) in [5.41, 5.74) is 0.0863. The number of aromatic carboxylic acids is 1. The van der Waals surface area contributed by atoms with E-state index in [1.165, 1.54) is 6.07 Å². The summed E-state index contributed by atoms with van der Waals surface area (Å²) in [5, 5.41) is 21.8. The lowest BCUT2D eigenvalue weighted by Gasteiger charge is -2.29. The van der Waals surface area contributed by atoms with Gasteiger partial charge in [0.2, 0.25) is 0 Å². The number of aliphatic hydroxyl groups excluding tert-OH is 1. The van der Waals surface area contributed by atoms with Crippen molar-refractivity contribution in [3.05, 3.63) is 29.8 Å². The van der Waals surface area contributed by atoms with Crippen molar-refractivity contribution >= 4 is 5.97 Å². The molecule has 0 aliphatic heterocycles. The van der Waals surface area contributed by atoms with Crippen molar-refractivity contribution in [2.75, 3.05) is 26.3 Å². The maximum absolute atomic E-state index is 11.0. The Balaban J connectivity index is 2.40. The van der Waals surface area contributed by atoms with E-state index in [1.807, 2.05) is 0 Å². The summed E-state index contributed by atoms with van der Waals surface area (Å²) >= 11 is 0. The molecular weight excluding hydrogens is 270 g/mol. The number of ether oxygens (including phenoxy) is 1. The Bertz CT molecular complexity index is 435. The molecule has 0 unspecified atom stereocenters. The lowest BCUT2D eigenvalue weighted by Crippen LogP contribution is -2.38. The third kappa shape index (κ3) is 5.02. The second-order valence-corrected chi connectivity index (χ2v) is 5.19. The molecule has 1 aromatic carbocycles. The van der Waals surface area contributed by atoms with Crippen LogP contribution in [0.25, 0.3) is 0 Å². The minimum absolute atomic E-state index is 0.0844. The van der Waals surface area contributed by atoms with E-state index in [1.54, 1.807) is 18.2 Å². The molecule has 3 N–H and O–H groups in total. The van der Waals surface area contributed by atoms with E-state index in [4.69, 9.17) is 9.84 Å². The molecule has 0 saturated carbocycles. The van der Waals surface area contributed by atoms with E-state index in [9.17, 15) is 9.90 Å². The first-order valence-corrected chi connectivity index (χ1v) is 7.35. The van der Waals surface area contributed by atoms with E-state index in [0.29, 0.717) is 18.9 Å². The standard InChI is InChI=1S/C16H25NO4/c1-3-16(4-2,12-18)11-17-9-10-21-14-8-6-5-7-13(14)15(19)20/h5-8,17-18H,3-4,9-12H2,1-2H3,(H,19,20). The van der Waals surface area contributed by atoms with Crippen molar-refractivity contribution in [1.29, 1.82) is 0 Å². The van der Waals surface area contributed by atoms with Crippen molar-refractivity contribution in [3.8, 4) is 5.75 Å². The molecule has 1 aromatic rings. The summed E-state index contributed by atoms with van der Waals surface area (Å²) in [6, 6.07) is 6.60. The number of carboxylic acids is 1. The molecule has 0 amide bonds. The molecule has 0 spiro atoms. The number of rotatable bonds is 10. The molecule has 0 radical (unpaired) electrons. The van der Waals surface area contributed by atoms with Gasteiger partial charge in [0.15, 0.2) is 0 Å². The zero-order chi connectivity index (χ0) is 15.7. The largest absolute Gasteiger partial charge is 0.491 e. The highest BCUT2D eigenvalue weighted by Crippen LogP contribution is 2.24. The van der Waals surface area contributed by atoms with Gasteiger partial charge < -0.3 is 20.3 Å². The highest BCUT2D eigenvalue weighted by atomic mass is 16.5. The smallest absolute Gasteiger partial charge is 0.339 e. The molecule has 5 heteroatoms. The van der Waals surface area contributed by atoms with Gasteiger partial charge in [-0.3, -0.25) is 0 Å². The number of hydrogen-bond acceptors (Lipinski definition) is 4. The monoisotopic (exact) mass is 295 g/mol. The predicted molar refractivity (Wildman–Crippen MR) is 81.9 cm³/mol. The zero-order valence-electron chi connectivity index (χ0n) is 12.8. The number of nitrogens with one attached hydrogen (secondary N) is 1. The second-order valence-electron chi connectivity index (χ2n) is 5.19. The highest BCUT2D eigenvalue weighted by molar-refractivity contribution is 5.90. The molecule has 0 fully saturated rings. The number of benzene rings is 1. The molecule has 0 aliphatic rings. The second kappa shape index (κ2) is 8.64. The summed E-state index contributed by atoms with van der Waals surface area (Å²) in [4.78, 5) is 11.0. The number of hydrogen-bond donors (Lipinski definition) is 3. The summed E-state index contributed by atoms with van der Waals surface area (Å²) in [6.07, 6.45) is 1.82. The summed E-state index contributed by atoms with van der Waals surface area (Å²) in [6.45, 7) is 6.02. The Morgan fingerprint density at radius 3 is 2.52 bits per heavy atom. The molecule has 21 heavy (non-hydrogen) atoms. The van der Waals surface area contributed by atoms with Gasteiger partial charge in [-0.2, -0.15) is 0 Å². The van der Waals surface area contributed by atoms with Crippen molar-refractivity contribution in [1.82, 2.24) is 5.32 Å². The maximum Gasteiger partial charge on any atom is 0.339 e. The summed E-state index contributed by atoms with van der Waals surface area (Å²) < 4.78 is 5.51. The van der Waals surface area contributed by atoms with Gasteiger partial charge in [0.1, 0.15) is 17.9 Å². The molecule has 1 rings (SSSR count). The Morgan fingerprint density at radius 1 is 1.29 bits per heavy atom. The first-order chi connectivity index (χ1) is 10.1. The number of aliphatic hydroxyl groups is 1. The van der Waals surface area contributed by atoms with Crippen LogP contribution >= 0.6 is 0 Å². The third-order valence-corrected chi connectivity index (χ3v) is 3.99. The fourth-order valence-electron chi connectivity index (χ4n) is 2.14. The normalized spacial score (nSPS) is 11.4. The van der Waals surface area contributed by atoms with E-state index < -0.39 is 5.97 Å². The molecule has 0 bridgehead atoms. The third-order valence-electron chi connectivity index (χ3n) is 3.99. The van der Waals surface area contributed by atoms with Gasteiger partial charge in [-0.1, -0.05) is 26.0 Å². The highest BCUT2D eigenvalue weighted by Gasteiger charge is 2.24. The predicted octanol–water partition coefficient (Wildman–Crippen LogP) is 2.15. The van der Waals surface area contributed by atoms with Crippen molar-refractivity contribution in [3.63, 3.8) is 0 Å². The maximum atomic E-state index is 11.0. The summed E-state index contributed by atoms with van der Waals surface area (Å²) in [5.74, 6) is -0.610. The number of carbonyl (C=O) groups is 1. The molecule has 5 nitrogen and oxygen atoms in total. The van der Waals surface area contributed by atoms with E-state index in [2.05, 4.69) is 19.2 Å². The molecule has 0 aliphatic carbocycles. The minimum atomic E-state index is -0.991. The van der Waals surface area contributed by atoms with Gasteiger partial charge in [-0.05, 0) is 25.0 Å².